The van der Waals surface area contributed by atoms with Gasteiger partial charge in [0.1, 0.15) is 5.75 Å². The summed E-state index contributed by atoms with van der Waals surface area (Å²) in [5, 5.41) is 7.60. The lowest BCUT2D eigenvalue weighted by Crippen LogP contribution is -2.42. The first-order valence-corrected chi connectivity index (χ1v) is 13.4. The van der Waals surface area contributed by atoms with Gasteiger partial charge in [-0.25, -0.2) is 9.78 Å². The molecule has 1 saturated heterocycles. The predicted molar refractivity (Wildman–Crippen MR) is 157 cm³/mol. The van der Waals surface area contributed by atoms with E-state index in [-0.39, 0.29) is 24.0 Å². The second-order valence-corrected chi connectivity index (χ2v) is 11.0. The molecule has 0 radical (unpaired) electrons. The van der Waals surface area contributed by atoms with Gasteiger partial charge in [-0.3, -0.25) is 4.79 Å². The number of morpholine rings is 1. The number of imidazole rings is 1. The van der Waals surface area contributed by atoms with Crippen molar-refractivity contribution in [3.63, 3.8) is 0 Å². The van der Waals surface area contributed by atoms with Gasteiger partial charge in [0.05, 0.1) is 30.9 Å². The molecule has 0 saturated carbocycles. The molecule has 40 heavy (non-hydrogen) atoms. The summed E-state index contributed by atoms with van der Waals surface area (Å²) >= 11 is 0. The summed E-state index contributed by atoms with van der Waals surface area (Å²) in [4.78, 5) is 32.0. The maximum Gasteiger partial charge on any atom is 0.323 e. The zero-order chi connectivity index (χ0) is 28.3. The molecule has 0 spiro atoms. The number of carbonyl (C=O) groups is 2. The van der Waals surface area contributed by atoms with Crippen LogP contribution < -0.4 is 15.4 Å². The third-order valence-corrected chi connectivity index (χ3v) is 6.90. The highest BCUT2D eigenvalue weighted by molar-refractivity contribution is 6.07. The monoisotopic (exact) mass is 541 g/mol. The Bertz CT molecular complexity index is 1530. The van der Waals surface area contributed by atoms with Gasteiger partial charge in [0.25, 0.3) is 5.91 Å². The third-order valence-electron chi connectivity index (χ3n) is 6.90. The Morgan fingerprint density at radius 2 is 1.75 bits per heavy atom. The van der Waals surface area contributed by atoms with Crippen LogP contribution in [0.3, 0.4) is 0 Å². The van der Waals surface area contributed by atoms with E-state index in [4.69, 9.17) is 9.47 Å². The van der Waals surface area contributed by atoms with Gasteiger partial charge in [-0.15, -0.1) is 0 Å². The Kier molecular flexibility index (Phi) is 7.75. The SMILES string of the molecule is Cn1cnc(-c2cc(NC(=O)Nc3ccc(OCC(=O)N4CCOCC4)c4ccccc34)cc(C(C)(C)C)c2)c1. The molecular formula is C31H35N5O4. The Morgan fingerprint density at radius 3 is 2.45 bits per heavy atom. The highest BCUT2D eigenvalue weighted by Crippen LogP contribution is 2.33. The fourth-order valence-corrected chi connectivity index (χ4v) is 4.68. The number of hydrogen-bond donors (Lipinski definition) is 2. The van der Waals surface area contributed by atoms with Gasteiger partial charge in [0, 0.05) is 48.4 Å². The Balaban J connectivity index is 1.34. The number of hydrogen-bond acceptors (Lipinski definition) is 5. The van der Waals surface area contributed by atoms with Crippen LogP contribution in [0.2, 0.25) is 0 Å². The van der Waals surface area contributed by atoms with E-state index in [9.17, 15) is 9.59 Å². The normalized spacial score (nSPS) is 13.8. The topological polar surface area (TPSA) is 97.7 Å². The van der Waals surface area contributed by atoms with Crippen molar-refractivity contribution in [2.45, 2.75) is 26.2 Å². The standard InChI is InChI=1S/C31H35N5O4/c1-31(2,3)22-15-21(27-18-35(4)20-32-27)16-23(17-22)33-30(38)34-26-9-10-28(25-8-6-5-7-24(25)26)40-19-29(37)36-11-13-39-14-12-36/h5-10,15-18,20H,11-14,19H2,1-4H3,(H2,33,34,38). The molecule has 4 aromatic rings. The van der Waals surface area contributed by atoms with Gasteiger partial charge >= 0.3 is 6.03 Å². The first-order chi connectivity index (χ1) is 19.2. The zero-order valence-electron chi connectivity index (χ0n) is 23.4. The van der Waals surface area contributed by atoms with Crippen LogP contribution >= 0.6 is 0 Å². The fourth-order valence-electron chi connectivity index (χ4n) is 4.68. The molecule has 0 atom stereocenters. The molecule has 5 rings (SSSR count). The van der Waals surface area contributed by atoms with Crippen molar-refractivity contribution in [1.29, 1.82) is 0 Å². The number of aryl methyl sites for hydroxylation is 1. The van der Waals surface area contributed by atoms with E-state index in [0.29, 0.717) is 43.4 Å². The summed E-state index contributed by atoms with van der Waals surface area (Å²) in [6.45, 7) is 8.59. The summed E-state index contributed by atoms with van der Waals surface area (Å²) in [6, 6.07) is 16.9. The lowest BCUT2D eigenvalue weighted by molar-refractivity contribution is -0.137. The lowest BCUT2D eigenvalue weighted by atomic mass is 9.85. The fraction of sp³-hybridized carbons (Fsp3) is 0.323. The van der Waals surface area contributed by atoms with Crippen molar-refractivity contribution in [3.05, 3.63) is 72.7 Å². The number of rotatable bonds is 6. The molecule has 0 unspecified atom stereocenters. The summed E-state index contributed by atoms with van der Waals surface area (Å²) in [5.41, 5.74) is 4.05. The Labute approximate surface area is 234 Å². The summed E-state index contributed by atoms with van der Waals surface area (Å²) in [5.74, 6) is 0.512. The van der Waals surface area contributed by atoms with Gasteiger partial charge < -0.3 is 29.6 Å². The van der Waals surface area contributed by atoms with Gasteiger partial charge in [-0.05, 0) is 41.3 Å². The van der Waals surface area contributed by atoms with Crippen molar-refractivity contribution in [2.24, 2.45) is 7.05 Å². The number of aromatic nitrogens is 2. The van der Waals surface area contributed by atoms with Crippen LogP contribution in [-0.2, 0) is 22.0 Å². The molecule has 208 valence electrons. The maximum absolute atomic E-state index is 13.2. The van der Waals surface area contributed by atoms with Gasteiger partial charge in [0.15, 0.2) is 6.61 Å². The minimum absolute atomic E-state index is 0.0556. The van der Waals surface area contributed by atoms with E-state index in [0.717, 1.165) is 27.6 Å². The highest BCUT2D eigenvalue weighted by Gasteiger charge is 2.19. The first kappa shape index (κ1) is 27.2. The molecule has 3 amide bonds. The van der Waals surface area contributed by atoms with Crippen LogP contribution in [-0.4, -0.2) is 59.3 Å². The number of ether oxygens (including phenoxy) is 2. The molecular weight excluding hydrogens is 506 g/mol. The number of nitrogens with one attached hydrogen (secondary N) is 2. The molecule has 9 heteroatoms. The van der Waals surface area contributed by atoms with E-state index >= 15 is 0 Å². The smallest absolute Gasteiger partial charge is 0.323 e. The molecule has 2 N–H and O–H groups in total. The second kappa shape index (κ2) is 11.4. The third kappa shape index (κ3) is 6.26. The predicted octanol–water partition coefficient (Wildman–Crippen LogP) is 5.42. The minimum Gasteiger partial charge on any atom is -0.483 e. The number of urea groups is 1. The van der Waals surface area contributed by atoms with Crippen LogP contribution in [0.5, 0.6) is 5.75 Å². The Morgan fingerprint density at radius 1 is 1.00 bits per heavy atom. The summed E-state index contributed by atoms with van der Waals surface area (Å²) in [6.07, 6.45) is 3.71. The van der Waals surface area contributed by atoms with E-state index in [1.165, 1.54) is 0 Å². The lowest BCUT2D eigenvalue weighted by Gasteiger charge is -2.26. The second-order valence-electron chi connectivity index (χ2n) is 11.0. The highest BCUT2D eigenvalue weighted by atomic mass is 16.5. The summed E-state index contributed by atoms with van der Waals surface area (Å²) < 4.78 is 13.1. The number of amides is 3. The molecule has 3 aromatic carbocycles. The average Bonchev–Trinajstić information content (AvgIpc) is 3.38. The van der Waals surface area contributed by atoms with Gasteiger partial charge in [-0.2, -0.15) is 0 Å². The van der Waals surface area contributed by atoms with Crippen LogP contribution in [0.25, 0.3) is 22.0 Å². The number of benzene rings is 3. The van der Waals surface area contributed by atoms with Gasteiger partial charge in [0.2, 0.25) is 0 Å². The van der Waals surface area contributed by atoms with Crippen LogP contribution in [0.1, 0.15) is 26.3 Å². The van der Waals surface area contributed by atoms with E-state index in [1.807, 2.05) is 54.2 Å². The number of fused-ring (bicyclic) bond motifs is 1. The van der Waals surface area contributed by atoms with E-state index in [2.05, 4.69) is 42.5 Å². The van der Waals surface area contributed by atoms with Crippen molar-refractivity contribution >= 4 is 34.1 Å². The molecule has 1 fully saturated rings. The number of nitrogens with zero attached hydrogens (tertiary/aromatic N) is 3. The number of carbonyl (C=O) groups excluding carboxylic acids is 2. The zero-order valence-corrected chi connectivity index (χ0v) is 23.4. The van der Waals surface area contributed by atoms with E-state index < -0.39 is 0 Å². The average molecular weight is 542 g/mol. The largest absolute Gasteiger partial charge is 0.483 e. The molecule has 0 aliphatic carbocycles. The first-order valence-electron chi connectivity index (χ1n) is 13.4. The molecule has 1 aromatic heterocycles. The van der Waals surface area contributed by atoms with Crippen LogP contribution in [0, 0.1) is 0 Å². The summed E-state index contributed by atoms with van der Waals surface area (Å²) in [7, 11) is 1.93. The van der Waals surface area contributed by atoms with Crippen molar-refractivity contribution < 1.29 is 19.1 Å². The quantitative estimate of drug-likeness (QED) is 0.340. The van der Waals surface area contributed by atoms with Crippen molar-refractivity contribution in [1.82, 2.24) is 14.5 Å². The van der Waals surface area contributed by atoms with E-state index in [1.54, 1.807) is 23.4 Å². The molecule has 9 nitrogen and oxygen atoms in total. The molecule has 1 aliphatic rings. The Hall–Kier alpha value is -4.37. The molecule has 2 heterocycles. The van der Waals surface area contributed by atoms with Crippen LogP contribution in [0.15, 0.2) is 67.1 Å². The number of anilines is 2. The van der Waals surface area contributed by atoms with Crippen LogP contribution in [0.4, 0.5) is 16.2 Å². The van der Waals surface area contributed by atoms with Crippen molar-refractivity contribution in [2.75, 3.05) is 43.5 Å². The van der Waals surface area contributed by atoms with Gasteiger partial charge in [-0.1, -0.05) is 45.0 Å². The maximum atomic E-state index is 13.2. The minimum atomic E-state index is -0.362. The van der Waals surface area contributed by atoms with Crippen molar-refractivity contribution in [3.8, 4) is 17.0 Å². The molecule has 0 bridgehead atoms. The molecule has 1 aliphatic heterocycles.